The standard InChI is InChI=1S/C16H19FN2/c1-10(2)15-9-19-8-13(18(3)4)6-11-5-12(17)7-14(15)16(11)19/h5,7,9,13H,1,6,8H2,2-4H3. The van der Waals surface area contributed by atoms with Crippen LogP contribution in [-0.2, 0) is 13.0 Å². The summed E-state index contributed by atoms with van der Waals surface area (Å²) in [6, 6.07) is 3.73. The molecule has 1 atom stereocenters. The Labute approximate surface area is 113 Å². The molecule has 1 aliphatic rings. The van der Waals surface area contributed by atoms with Gasteiger partial charge in [0.05, 0.1) is 5.52 Å². The number of likely N-dealkylation sites (N-methyl/N-ethyl adjacent to an activating group) is 1. The Morgan fingerprint density at radius 2 is 2.16 bits per heavy atom. The van der Waals surface area contributed by atoms with Gasteiger partial charge >= 0.3 is 0 Å². The molecule has 3 heteroatoms. The Hall–Kier alpha value is -1.61. The van der Waals surface area contributed by atoms with Crippen LogP contribution in [0.15, 0.2) is 24.9 Å². The molecule has 0 saturated heterocycles. The van der Waals surface area contributed by atoms with Gasteiger partial charge in [-0.05, 0) is 50.7 Å². The maximum absolute atomic E-state index is 13.8. The highest BCUT2D eigenvalue weighted by Crippen LogP contribution is 2.33. The minimum absolute atomic E-state index is 0.151. The fourth-order valence-electron chi connectivity index (χ4n) is 3.02. The van der Waals surface area contributed by atoms with E-state index in [1.165, 1.54) is 5.52 Å². The van der Waals surface area contributed by atoms with E-state index in [-0.39, 0.29) is 5.82 Å². The van der Waals surface area contributed by atoms with Gasteiger partial charge in [0, 0.05) is 29.7 Å². The Kier molecular flexibility index (Phi) is 2.75. The number of rotatable bonds is 2. The number of halogens is 1. The van der Waals surface area contributed by atoms with Crippen molar-refractivity contribution in [1.82, 2.24) is 9.47 Å². The molecule has 0 spiro atoms. The number of nitrogens with zero attached hydrogens (tertiary/aromatic N) is 2. The van der Waals surface area contributed by atoms with Gasteiger partial charge in [-0.15, -0.1) is 0 Å². The molecule has 0 aliphatic carbocycles. The number of hydrogen-bond donors (Lipinski definition) is 0. The summed E-state index contributed by atoms with van der Waals surface area (Å²) in [5.41, 5.74) is 4.34. The van der Waals surface area contributed by atoms with Gasteiger partial charge in [0.2, 0.25) is 0 Å². The van der Waals surface area contributed by atoms with Crippen LogP contribution in [0.2, 0.25) is 0 Å². The van der Waals surface area contributed by atoms with Gasteiger partial charge in [-0.3, -0.25) is 0 Å². The van der Waals surface area contributed by atoms with E-state index in [2.05, 4.69) is 36.3 Å². The van der Waals surface area contributed by atoms with Gasteiger partial charge in [0.15, 0.2) is 0 Å². The van der Waals surface area contributed by atoms with Gasteiger partial charge in [-0.25, -0.2) is 4.39 Å². The normalized spacial score (nSPS) is 18.3. The van der Waals surface area contributed by atoms with E-state index in [0.29, 0.717) is 6.04 Å². The highest BCUT2D eigenvalue weighted by Gasteiger charge is 2.24. The van der Waals surface area contributed by atoms with Gasteiger partial charge in [0.25, 0.3) is 0 Å². The number of allylic oxidation sites excluding steroid dienone is 1. The highest BCUT2D eigenvalue weighted by atomic mass is 19.1. The van der Waals surface area contributed by atoms with Crippen molar-refractivity contribution in [3.8, 4) is 0 Å². The predicted octanol–water partition coefficient (Wildman–Crippen LogP) is 3.30. The Bertz CT molecular complexity index is 667. The monoisotopic (exact) mass is 258 g/mol. The third kappa shape index (κ3) is 1.89. The quantitative estimate of drug-likeness (QED) is 0.802. The molecular weight excluding hydrogens is 239 g/mol. The second-order valence-corrected chi connectivity index (χ2v) is 5.76. The predicted molar refractivity (Wildman–Crippen MR) is 77.8 cm³/mol. The minimum atomic E-state index is -0.151. The molecule has 1 aliphatic heterocycles. The second kappa shape index (κ2) is 4.20. The molecule has 0 fully saturated rings. The zero-order valence-corrected chi connectivity index (χ0v) is 11.7. The molecule has 1 aromatic carbocycles. The lowest BCUT2D eigenvalue weighted by Gasteiger charge is -2.29. The van der Waals surface area contributed by atoms with E-state index in [4.69, 9.17) is 0 Å². The Morgan fingerprint density at radius 3 is 2.79 bits per heavy atom. The summed E-state index contributed by atoms with van der Waals surface area (Å²) in [5.74, 6) is -0.151. The van der Waals surface area contributed by atoms with Crippen LogP contribution in [0, 0.1) is 5.82 Å². The first-order valence-electron chi connectivity index (χ1n) is 6.61. The van der Waals surface area contributed by atoms with E-state index in [1.54, 1.807) is 12.1 Å². The molecule has 3 rings (SSSR count). The molecule has 1 unspecified atom stereocenters. The first-order valence-corrected chi connectivity index (χ1v) is 6.61. The van der Waals surface area contributed by atoms with Crippen LogP contribution in [0.25, 0.3) is 16.5 Å². The fraction of sp³-hybridized carbons (Fsp3) is 0.375. The average molecular weight is 258 g/mol. The van der Waals surface area contributed by atoms with Crippen LogP contribution < -0.4 is 0 Å². The maximum atomic E-state index is 13.8. The number of benzene rings is 1. The van der Waals surface area contributed by atoms with Gasteiger partial charge < -0.3 is 9.47 Å². The van der Waals surface area contributed by atoms with Crippen LogP contribution >= 0.6 is 0 Å². The van der Waals surface area contributed by atoms with E-state index < -0.39 is 0 Å². The van der Waals surface area contributed by atoms with Crippen molar-refractivity contribution in [2.24, 2.45) is 0 Å². The third-order valence-corrected chi connectivity index (χ3v) is 4.07. The van der Waals surface area contributed by atoms with E-state index in [1.807, 2.05) is 6.92 Å². The molecule has 0 radical (unpaired) electrons. The molecule has 2 nitrogen and oxygen atoms in total. The summed E-state index contributed by atoms with van der Waals surface area (Å²) < 4.78 is 16.1. The summed E-state index contributed by atoms with van der Waals surface area (Å²) in [7, 11) is 4.16. The summed E-state index contributed by atoms with van der Waals surface area (Å²) >= 11 is 0. The van der Waals surface area contributed by atoms with Gasteiger partial charge in [0.1, 0.15) is 5.82 Å². The largest absolute Gasteiger partial charge is 0.345 e. The summed E-state index contributed by atoms with van der Waals surface area (Å²) in [4.78, 5) is 2.21. The molecule has 2 heterocycles. The van der Waals surface area contributed by atoms with Crippen LogP contribution in [0.1, 0.15) is 18.1 Å². The third-order valence-electron chi connectivity index (χ3n) is 4.07. The van der Waals surface area contributed by atoms with Crippen molar-refractivity contribution in [3.63, 3.8) is 0 Å². The van der Waals surface area contributed by atoms with Crippen LogP contribution in [-0.4, -0.2) is 29.6 Å². The Morgan fingerprint density at radius 1 is 1.42 bits per heavy atom. The topological polar surface area (TPSA) is 8.17 Å². The fourth-order valence-corrected chi connectivity index (χ4v) is 3.02. The van der Waals surface area contributed by atoms with Gasteiger partial charge in [-0.1, -0.05) is 6.58 Å². The smallest absolute Gasteiger partial charge is 0.124 e. The molecule has 0 amide bonds. The van der Waals surface area contributed by atoms with Crippen molar-refractivity contribution in [1.29, 1.82) is 0 Å². The summed E-state index contributed by atoms with van der Waals surface area (Å²) in [6.07, 6.45) is 3.02. The second-order valence-electron chi connectivity index (χ2n) is 5.76. The minimum Gasteiger partial charge on any atom is -0.345 e. The zero-order chi connectivity index (χ0) is 13.7. The highest BCUT2D eigenvalue weighted by molar-refractivity contribution is 5.94. The molecule has 19 heavy (non-hydrogen) atoms. The van der Waals surface area contributed by atoms with E-state index in [0.717, 1.165) is 35.1 Å². The maximum Gasteiger partial charge on any atom is 0.124 e. The lowest BCUT2D eigenvalue weighted by molar-refractivity contribution is 0.258. The van der Waals surface area contributed by atoms with Crippen molar-refractivity contribution >= 4 is 16.5 Å². The molecule has 0 saturated carbocycles. The van der Waals surface area contributed by atoms with Crippen molar-refractivity contribution in [2.75, 3.05) is 14.1 Å². The number of hydrogen-bond acceptors (Lipinski definition) is 1. The average Bonchev–Trinajstić information content (AvgIpc) is 2.68. The lowest BCUT2D eigenvalue weighted by atomic mass is 9.97. The van der Waals surface area contributed by atoms with Crippen molar-refractivity contribution in [3.05, 3.63) is 41.9 Å². The first kappa shape index (κ1) is 12.4. The molecule has 0 bridgehead atoms. The van der Waals surface area contributed by atoms with Crippen molar-refractivity contribution in [2.45, 2.75) is 25.9 Å². The van der Waals surface area contributed by atoms with Crippen molar-refractivity contribution < 1.29 is 4.39 Å². The molecule has 100 valence electrons. The first-order chi connectivity index (χ1) is 8.97. The zero-order valence-electron chi connectivity index (χ0n) is 11.7. The van der Waals surface area contributed by atoms with E-state index in [9.17, 15) is 4.39 Å². The molecular formula is C16H19FN2. The molecule has 1 aromatic heterocycles. The Balaban J connectivity index is 2.26. The van der Waals surface area contributed by atoms with Crippen LogP contribution in [0.4, 0.5) is 4.39 Å². The molecule has 2 aromatic rings. The van der Waals surface area contributed by atoms with Crippen LogP contribution in [0.5, 0.6) is 0 Å². The molecule has 0 N–H and O–H groups in total. The summed E-state index contributed by atoms with van der Waals surface area (Å²) in [6.45, 7) is 6.94. The van der Waals surface area contributed by atoms with Crippen LogP contribution in [0.3, 0.4) is 0 Å². The summed E-state index contributed by atoms with van der Waals surface area (Å²) in [5, 5.41) is 1.000. The van der Waals surface area contributed by atoms with Gasteiger partial charge in [-0.2, -0.15) is 0 Å². The number of aromatic nitrogens is 1. The SMILES string of the molecule is C=C(C)c1cn2c3c(cc(F)cc13)CC(N(C)C)C2. The lowest BCUT2D eigenvalue weighted by Crippen LogP contribution is -2.36. The van der Waals surface area contributed by atoms with E-state index >= 15 is 0 Å².